The highest BCUT2D eigenvalue weighted by atomic mass is 19.1. The van der Waals surface area contributed by atoms with Crippen molar-refractivity contribution < 1.29 is 14.2 Å². The highest BCUT2D eigenvalue weighted by molar-refractivity contribution is 5.87. The quantitative estimate of drug-likeness (QED) is 0.768. The molecule has 3 rings (SSSR count). The molecule has 0 aliphatic rings. The Hall–Kier alpha value is -2.39. The maximum Gasteiger partial charge on any atom is 0.123 e. The number of hydrogen-bond donors (Lipinski definition) is 1. The summed E-state index contributed by atoms with van der Waals surface area (Å²) in [6, 6.07) is 18.3. The molecule has 3 aromatic rings. The molecule has 3 heteroatoms. The topological polar surface area (TPSA) is 29.5 Å². The lowest BCUT2D eigenvalue weighted by Gasteiger charge is -2.14. The van der Waals surface area contributed by atoms with Crippen LogP contribution < -0.4 is 4.74 Å². The fourth-order valence-corrected chi connectivity index (χ4v) is 2.56. The van der Waals surface area contributed by atoms with Gasteiger partial charge in [0, 0.05) is 12.2 Å². The van der Waals surface area contributed by atoms with Gasteiger partial charge in [-0.3, -0.25) is 0 Å². The molecule has 112 valence electrons. The van der Waals surface area contributed by atoms with Gasteiger partial charge in [-0.05, 0) is 41.0 Å². The van der Waals surface area contributed by atoms with Crippen molar-refractivity contribution in [1.29, 1.82) is 0 Å². The lowest BCUT2D eigenvalue weighted by Crippen LogP contribution is -2.01. The molecule has 2 nitrogen and oxygen atoms in total. The van der Waals surface area contributed by atoms with E-state index < -0.39 is 0 Å². The first-order valence-corrected chi connectivity index (χ1v) is 7.26. The van der Waals surface area contributed by atoms with Crippen molar-refractivity contribution in [2.75, 3.05) is 6.61 Å². The van der Waals surface area contributed by atoms with Crippen LogP contribution in [0.5, 0.6) is 5.75 Å². The van der Waals surface area contributed by atoms with E-state index in [0.717, 1.165) is 27.6 Å². The molecule has 0 heterocycles. The maximum absolute atomic E-state index is 12.9. The smallest absolute Gasteiger partial charge is 0.123 e. The minimum atomic E-state index is -0.254. The Bertz CT molecular complexity index is 766. The third-order valence-electron chi connectivity index (χ3n) is 3.67. The molecular weight excluding hydrogens is 279 g/mol. The summed E-state index contributed by atoms with van der Waals surface area (Å²) in [6.45, 7) is 0.442. The van der Waals surface area contributed by atoms with E-state index in [1.165, 1.54) is 12.1 Å². The van der Waals surface area contributed by atoms with Crippen molar-refractivity contribution in [3.63, 3.8) is 0 Å². The van der Waals surface area contributed by atoms with E-state index in [1.54, 1.807) is 12.1 Å². The van der Waals surface area contributed by atoms with Crippen LogP contribution in [0.1, 0.15) is 11.1 Å². The summed E-state index contributed by atoms with van der Waals surface area (Å²) >= 11 is 0. The average Bonchev–Trinajstić information content (AvgIpc) is 2.56. The second-order valence-corrected chi connectivity index (χ2v) is 5.15. The van der Waals surface area contributed by atoms with Crippen LogP contribution in [0.4, 0.5) is 4.39 Å². The molecule has 0 atom stereocenters. The van der Waals surface area contributed by atoms with Gasteiger partial charge in [-0.2, -0.15) is 0 Å². The van der Waals surface area contributed by atoms with E-state index in [9.17, 15) is 9.50 Å². The van der Waals surface area contributed by atoms with E-state index in [-0.39, 0.29) is 12.4 Å². The molecule has 0 unspecified atom stereocenters. The highest BCUT2D eigenvalue weighted by Gasteiger charge is 2.08. The Morgan fingerprint density at radius 1 is 0.909 bits per heavy atom. The van der Waals surface area contributed by atoms with Gasteiger partial charge < -0.3 is 9.84 Å². The standard InChI is InChI=1S/C19H17FO2/c20-16-8-5-14(6-9-16)13-22-19-10-7-15-3-1-2-4-17(15)18(19)11-12-21/h1-10,21H,11-13H2. The van der Waals surface area contributed by atoms with Gasteiger partial charge >= 0.3 is 0 Å². The van der Waals surface area contributed by atoms with Gasteiger partial charge in [-0.15, -0.1) is 0 Å². The number of hydrogen-bond acceptors (Lipinski definition) is 2. The van der Waals surface area contributed by atoms with Crippen molar-refractivity contribution in [2.45, 2.75) is 13.0 Å². The number of fused-ring (bicyclic) bond motifs is 1. The van der Waals surface area contributed by atoms with Crippen LogP contribution in [0.15, 0.2) is 60.7 Å². The Kier molecular flexibility index (Phi) is 4.35. The number of aliphatic hydroxyl groups excluding tert-OH is 1. The molecule has 0 aromatic heterocycles. The van der Waals surface area contributed by atoms with Crippen LogP contribution >= 0.6 is 0 Å². The van der Waals surface area contributed by atoms with Crippen molar-refractivity contribution in [2.24, 2.45) is 0 Å². The zero-order valence-electron chi connectivity index (χ0n) is 12.1. The molecule has 22 heavy (non-hydrogen) atoms. The summed E-state index contributed by atoms with van der Waals surface area (Å²) in [5.74, 6) is 0.507. The fraction of sp³-hybridized carbons (Fsp3) is 0.158. The minimum absolute atomic E-state index is 0.0704. The molecule has 1 N–H and O–H groups in total. The SMILES string of the molecule is OCCc1c(OCc2ccc(F)cc2)ccc2ccccc12. The second-order valence-electron chi connectivity index (χ2n) is 5.15. The fourth-order valence-electron chi connectivity index (χ4n) is 2.56. The first-order valence-electron chi connectivity index (χ1n) is 7.26. The van der Waals surface area contributed by atoms with E-state index in [2.05, 4.69) is 0 Å². The number of rotatable bonds is 5. The molecule has 0 fully saturated rings. The van der Waals surface area contributed by atoms with Crippen LogP contribution in [0.2, 0.25) is 0 Å². The van der Waals surface area contributed by atoms with Gasteiger partial charge in [0.15, 0.2) is 0 Å². The molecular formula is C19H17FO2. The maximum atomic E-state index is 12.9. The van der Waals surface area contributed by atoms with Crippen LogP contribution in [-0.2, 0) is 13.0 Å². The molecule has 3 aromatic carbocycles. The number of halogens is 1. The van der Waals surface area contributed by atoms with Gasteiger partial charge in [-0.25, -0.2) is 4.39 Å². The predicted octanol–water partition coefficient (Wildman–Crippen LogP) is 4.09. The molecule has 0 aliphatic heterocycles. The Balaban J connectivity index is 1.89. The molecule has 0 amide bonds. The number of ether oxygens (including phenoxy) is 1. The lowest BCUT2D eigenvalue weighted by molar-refractivity contribution is 0.285. The monoisotopic (exact) mass is 296 g/mol. The summed E-state index contributed by atoms with van der Waals surface area (Å²) in [6.07, 6.45) is 0.542. The van der Waals surface area contributed by atoms with Crippen molar-refractivity contribution >= 4 is 10.8 Å². The molecule has 0 aliphatic carbocycles. The second kappa shape index (κ2) is 6.58. The third-order valence-corrected chi connectivity index (χ3v) is 3.67. The molecule has 0 bridgehead atoms. The first kappa shape index (κ1) is 14.5. The molecule has 0 saturated heterocycles. The van der Waals surface area contributed by atoms with Crippen LogP contribution in [0.25, 0.3) is 10.8 Å². The zero-order chi connectivity index (χ0) is 15.4. The summed E-state index contributed by atoms with van der Waals surface area (Å²) in [5, 5.41) is 11.5. The van der Waals surface area contributed by atoms with E-state index >= 15 is 0 Å². The van der Waals surface area contributed by atoms with Crippen molar-refractivity contribution in [3.05, 3.63) is 77.6 Å². The largest absolute Gasteiger partial charge is 0.489 e. The van der Waals surface area contributed by atoms with E-state index in [0.29, 0.717) is 13.0 Å². The number of aliphatic hydroxyl groups is 1. The average molecular weight is 296 g/mol. The summed E-state index contributed by atoms with van der Waals surface area (Å²) in [4.78, 5) is 0. The first-order chi connectivity index (χ1) is 10.8. The zero-order valence-corrected chi connectivity index (χ0v) is 12.1. The summed E-state index contributed by atoms with van der Waals surface area (Å²) in [5.41, 5.74) is 1.91. The van der Waals surface area contributed by atoms with Gasteiger partial charge in [-0.1, -0.05) is 42.5 Å². The molecule has 0 saturated carbocycles. The van der Waals surface area contributed by atoms with E-state index in [1.807, 2.05) is 36.4 Å². The highest BCUT2D eigenvalue weighted by Crippen LogP contribution is 2.29. The van der Waals surface area contributed by atoms with E-state index in [4.69, 9.17) is 4.74 Å². The third kappa shape index (κ3) is 3.10. The van der Waals surface area contributed by atoms with Crippen LogP contribution in [0, 0.1) is 5.82 Å². The van der Waals surface area contributed by atoms with Crippen molar-refractivity contribution in [3.8, 4) is 5.75 Å². The van der Waals surface area contributed by atoms with Crippen LogP contribution in [-0.4, -0.2) is 11.7 Å². The Labute approximate surface area is 128 Å². The lowest BCUT2D eigenvalue weighted by atomic mass is 10.0. The van der Waals surface area contributed by atoms with Crippen molar-refractivity contribution in [1.82, 2.24) is 0 Å². The van der Waals surface area contributed by atoms with Gasteiger partial charge in [0.1, 0.15) is 18.2 Å². The van der Waals surface area contributed by atoms with Gasteiger partial charge in [0.25, 0.3) is 0 Å². The Morgan fingerprint density at radius 2 is 1.68 bits per heavy atom. The summed E-state index contributed by atoms with van der Waals surface area (Å²) in [7, 11) is 0. The molecule has 0 radical (unpaired) electrons. The predicted molar refractivity (Wildman–Crippen MR) is 85.5 cm³/mol. The molecule has 0 spiro atoms. The number of benzene rings is 3. The summed E-state index contributed by atoms with van der Waals surface area (Å²) < 4.78 is 18.8. The van der Waals surface area contributed by atoms with Gasteiger partial charge in [0.2, 0.25) is 0 Å². The van der Waals surface area contributed by atoms with Gasteiger partial charge in [0.05, 0.1) is 0 Å². The minimum Gasteiger partial charge on any atom is -0.489 e. The Morgan fingerprint density at radius 3 is 2.45 bits per heavy atom. The normalized spacial score (nSPS) is 10.8. The van der Waals surface area contributed by atoms with Crippen LogP contribution in [0.3, 0.4) is 0 Å².